The average Bonchev–Trinajstić information content (AvgIpc) is 2.88. The lowest BCUT2D eigenvalue weighted by atomic mass is 10.1. The zero-order valence-electron chi connectivity index (χ0n) is 20.1. The summed E-state index contributed by atoms with van der Waals surface area (Å²) in [7, 11) is -4.00. The van der Waals surface area contributed by atoms with Crippen molar-refractivity contribution in [2.45, 2.75) is 31.3 Å². The maximum absolute atomic E-state index is 13.9. The van der Waals surface area contributed by atoms with E-state index in [-0.39, 0.29) is 28.5 Å². The van der Waals surface area contributed by atoms with Crippen molar-refractivity contribution in [3.05, 3.63) is 131 Å². The summed E-state index contributed by atoms with van der Waals surface area (Å²) in [5.74, 6) is -0.792. The molecule has 0 saturated heterocycles. The van der Waals surface area contributed by atoms with Crippen LogP contribution in [0.2, 0.25) is 0 Å². The molecule has 1 N–H and O–H groups in total. The molecule has 1 unspecified atom stereocenters. The molecule has 4 rings (SSSR count). The van der Waals surface area contributed by atoms with Crippen molar-refractivity contribution in [2.24, 2.45) is 0 Å². The van der Waals surface area contributed by atoms with Gasteiger partial charge in [0, 0.05) is 0 Å². The number of carbonyl (C=O) groups is 1. The molecule has 0 fully saturated rings. The van der Waals surface area contributed by atoms with Crippen LogP contribution in [0.4, 0.5) is 10.1 Å². The number of carbonyl (C=O) groups excluding carboxylic acids is 1. The highest BCUT2D eigenvalue weighted by molar-refractivity contribution is 7.92. The van der Waals surface area contributed by atoms with Gasteiger partial charge >= 0.3 is 0 Å². The number of aryl methyl sites for hydroxylation is 1. The number of amides is 1. The van der Waals surface area contributed by atoms with Gasteiger partial charge in [0.2, 0.25) is 0 Å². The molecule has 1 amide bonds. The van der Waals surface area contributed by atoms with Gasteiger partial charge in [0.15, 0.2) is 0 Å². The van der Waals surface area contributed by atoms with Crippen molar-refractivity contribution in [3.8, 4) is 0 Å². The minimum absolute atomic E-state index is 0.0505. The van der Waals surface area contributed by atoms with E-state index in [0.29, 0.717) is 0 Å². The quantitative estimate of drug-likeness (QED) is 0.320. The van der Waals surface area contributed by atoms with Crippen LogP contribution in [0.15, 0.2) is 108 Å². The van der Waals surface area contributed by atoms with Crippen molar-refractivity contribution in [1.29, 1.82) is 0 Å². The van der Waals surface area contributed by atoms with Crippen LogP contribution in [-0.4, -0.2) is 14.3 Å². The molecule has 0 bridgehead atoms. The Morgan fingerprint density at radius 3 is 2.14 bits per heavy atom. The Bertz CT molecular complexity index is 1440. The van der Waals surface area contributed by atoms with E-state index in [9.17, 15) is 17.6 Å². The number of hydrogen-bond donors (Lipinski definition) is 1. The number of nitrogens with one attached hydrogen (secondary N) is 1. The zero-order valence-corrected chi connectivity index (χ0v) is 20.9. The zero-order chi connectivity index (χ0) is 25.7. The molecule has 7 heteroatoms. The highest BCUT2D eigenvalue weighted by Crippen LogP contribution is 2.30. The molecule has 0 heterocycles. The first-order chi connectivity index (χ1) is 17.3. The standard InChI is InChI=1S/C29H27FN2O3S/c1-21-12-18-26(19-13-21)36(34,35)32(20-23-8-4-3-5-9-23)28-11-7-6-10-27(28)29(33)31-22(2)24-14-16-25(30)17-15-24/h3-19,22H,20H2,1-2H3,(H,31,33). The van der Waals surface area contributed by atoms with Gasteiger partial charge in [0.25, 0.3) is 15.9 Å². The van der Waals surface area contributed by atoms with Crippen molar-refractivity contribution in [3.63, 3.8) is 0 Å². The molecule has 4 aromatic carbocycles. The second-order valence-electron chi connectivity index (χ2n) is 8.57. The fourth-order valence-corrected chi connectivity index (χ4v) is 5.35. The second kappa shape index (κ2) is 10.7. The molecule has 0 saturated carbocycles. The Labute approximate surface area is 211 Å². The van der Waals surface area contributed by atoms with Gasteiger partial charge in [-0.3, -0.25) is 9.10 Å². The van der Waals surface area contributed by atoms with E-state index < -0.39 is 22.0 Å². The Hall–Kier alpha value is -3.97. The van der Waals surface area contributed by atoms with Crippen LogP contribution in [0.25, 0.3) is 0 Å². The summed E-state index contributed by atoms with van der Waals surface area (Å²) in [6, 6.07) is 28.0. The molecule has 184 valence electrons. The molecule has 0 aliphatic carbocycles. The number of hydrogen-bond acceptors (Lipinski definition) is 3. The van der Waals surface area contributed by atoms with Gasteiger partial charge in [-0.2, -0.15) is 0 Å². The van der Waals surface area contributed by atoms with E-state index in [0.717, 1.165) is 16.7 Å². The summed E-state index contributed by atoms with van der Waals surface area (Å²) >= 11 is 0. The Morgan fingerprint density at radius 2 is 1.47 bits per heavy atom. The Balaban J connectivity index is 1.74. The van der Waals surface area contributed by atoms with Crippen LogP contribution in [0.5, 0.6) is 0 Å². The Kier molecular flexibility index (Phi) is 7.50. The first-order valence-electron chi connectivity index (χ1n) is 11.5. The third-order valence-corrected chi connectivity index (χ3v) is 7.69. The average molecular weight is 503 g/mol. The van der Waals surface area contributed by atoms with Crippen LogP contribution in [0.3, 0.4) is 0 Å². The number of para-hydroxylation sites is 1. The van der Waals surface area contributed by atoms with E-state index >= 15 is 0 Å². The van der Waals surface area contributed by atoms with Gasteiger partial charge in [-0.1, -0.05) is 72.3 Å². The summed E-state index contributed by atoms with van der Waals surface area (Å²) in [5, 5.41) is 2.91. The van der Waals surface area contributed by atoms with Crippen LogP contribution in [-0.2, 0) is 16.6 Å². The van der Waals surface area contributed by atoms with Crippen LogP contribution in [0.1, 0.15) is 40.0 Å². The first-order valence-corrected chi connectivity index (χ1v) is 13.0. The third kappa shape index (κ3) is 5.63. The van der Waals surface area contributed by atoms with Crippen LogP contribution >= 0.6 is 0 Å². The first kappa shape index (κ1) is 25.1. The summed E-state index contributed by atoms with van der Waals surface area (Å²) in [6.45, 7) is 3.73. The molecule has 0 aliphatic rings. The van der Waals surface area contributed by atoms with Crippen LogP contribution < -0.4 is 9.62 Å². The van der Waals surface area contributed by atoms with E-state index in [1.807, 2.05) is 37.3 Å². The lowest BCUT2D eigenvalue weighted by Gasteiger charge is -2.27. The van der Waals surface area contributed by atoms with Crippen molar-refractivity contribution in [1.82, 2.24) is 5.32 Å². The van der Waals surface area contributed by atoms with Gasteiger partial charge in [-0.15, -0.1) is 0 Å². The summed E-state index contributed by atoms with van der Waals surface area (Å²) in [4.78, 5) is 13.5. The molecule has 0 spiro atoms. The summed E-state index contributed by atoms with van der Waals surface area (Å²) < 4.78 is 42.3. The molecule has 4 aromatic rings. The van der Waals surface area contributed by atoms with Gasteiger partial charge < -0.3 is 5.32 Å². The maximum atomic E-state index is 13.9. The SMILES string of the molecule is Cc1ccc(S(=O)(=O)N(Cc2ccccc2)c2ccccc2C(=O)NC(C)c2ccc(F)cc2)cc1. The predicted octanol–water partition coefficient (Wildman–Crippen LogP) is 6.02. The van der Waals surface area contributed by atoms with E-state index in [1.54, 1.807) is 67.6 Å². The van der Waals surface area contributed by atoms with Crippen molar-refractivity contribution in [2.75, 3.05) is 4.31 Å². The largest absolute Gasteiger partial charge is 0.345 e. The van der Waals surface area contributed by atoms with Crippen molar-refractivity contribution >= 4 is 21.6 Å². The Morgan fingerprint density at radius 1 is 0.861 bits per heavy atom. The van der Waals surface area contributed by atoms with Gasteiger partial charge in [-0.25, -0.2) is 12.8 Å². The molecule has 5 nitrogen and oxygen atoms in total. The molecule has 0 aromatic heterocycles. The smallest absolute Gasteiger partial charge is 0.264 e. The summed E-state index contributed by atoms with van der Waals surface area (Å²) in [5.41, 5.74) is 2.95. The second-order valence-corrected chi connectivity index (χ2v) is 10.4. The number of rotatable bonds is 8. The van der Waals surface area contributed by atoms with Crippen molar-refractivity contribution < 1.29 is 17.6 Å². The topological polar surface area (TPSA) is 66.5 Å². The molecular formula is C29H27FN2O3S. The normalized spacial score (nSPS) is 12.1. The fraction of sp³-hybridized carbons (Fsp3) is 0.138. The number of benzene rings is 4. The molecule has 0 radical (unpaired) electrons. The number of anilines is 1. The van der Waals surface area contributed by atoms with Gasteiger partial charge in [0.1, 0.15) is 5.82 Å². The minimum atomic E-state index is -4.00. The molecule has 0 aliphatic heterocycles. The van der Waals surface area contributed by atoms with E-state index in [1.165, 1.54) is 16.4 Å². The maximum Gasteiger partial charge on any atom is 0.264 e. The molecule has 36 heavy (non-hydrogen) atoms. The fourth-order valence-electron chi connectivity index (χ4n) is 3.88. The molecular weight excluding hydrogens is 475 g/mol. The van der Waals surface area contributed by atoms with Gasteiger partial charge in [0.05, 0.1) is 28.7 Å². The summed E-state index contributed by atoms with van der Waals surface area (Å²) in [6.07, 6.45) is 0. The molecule has 1 atom stereocenters. The van der Waals surface area contributed by atoms with Crippen LogP contribution in [0, 0.1) is 12.7 Å². The van der Waals surface area contributed by atoms with E-state index in [4.69, 9.17) is 0 Å². The number of nitrogens with zero attached hydrogens (tertiary/aromatic N) is 1. The van der Waals surface area contributed by atoms with Gasteiger partial charge in [-0.05, 0) is 61.4 Å². The van der Waals surface area contributed by atoms with E-state index in [2.05, 4.69) is 5.32 Å². The lowest BCUT2D eigenvalue weighted by molar-refractivity contribution is 0.0940. The number of halogens is 1. The third-order valence-electron chi connectivity index (χ3n) is 5.91. The predicted molar refractivity (Wildman–Crippen MR) is 140 cm³/mol. The minimum Gasteiger partial charge on any atom is -0.345 e. The highest BCUT2D eigenvalue weighted by atomic mass is 32.2. The highest BCUT2D eigenvalue weighted by Gasteiger charge is 2.29. The number of sulfonamides is 1. The monoisotopic (exact) mass is 502 g/mol. The lowest BCUT2D eigenvalue weighted by Crippen LogP contribution is -2.34.